The zero-order chi connectivity index (χ0) is 15.5. The van der Waals surface area contributed by atoms with Gasteiger partial charge in [0.2, 0.25) is 5.91 Å². The molecule has 1 fully saturated rings. The molecule has 0 aliphatic carbocycles. The van der Waals surface area contributed by atoms with Gasteiger partial charge in [0, 0.05) is 24.3 Å². The van der Waals surface area contributed by atoms with E-state index in [1.165, 1.54) is 30.4 Å². The number of nitrogens with zero attached hydrogens (tertiary/aromatic N) is 1. The minimum atomic E-state index is -3.04. The summed E-state index contributed by atoms with van der Waals surface area (Å²) in [6.07, 6.45) is 3.11. The number of carbonyl (C=O) groups excluding carboxylic acids is 1. The van der Waals surface area contributed by atoms with E-state index in [1.54, 1.807) is 6.07 Å². The highest BCUT2D eigenvalue weighted by molar-refractivity contribution is 7.91. The fourth-order valence-electron chi connectivity index (χ4n) is 2.07. The van der Waals surface area contributed by atoms with E-state index in [0.717, 1.165) is 0 Å². The molecule has 0 aromatic heterocycles. The maximum absolute atomic E-state index is 11.7. The molecule has 1 saturated heterocycles. The Hall–Kier alpha value is -2.22. The fourth-order valence-corrected chi connectivity index (χ4v) is 3.75. The van der Waals surface area contributed by atoms with Crippen molar-refractivity contribution in [1.82, 2.24) is 5.32 Å². The van der Waals surface area contributed by atoms with Gasteiger partial charge in [-0.25, -0.2) is 8.42 Å². The summed E-state index contributed by atoms with van der Waals surface area (Å²) in [6, 6.07) is 5.51. The van der Waals surface area contributed by atoms with Gasteiger partial charge < -0.3 is 5.32 Å². The first-order chi connectivity index (χ1) is 9.85. The molecule has 1 unspecified atom stereocenters. The fraction of sp³-hybridized carbons (Fsp3) is 0.308. The molecule has 1 aromatic carbocycles. The quantitative estimate of drug-likeness (QED) is 0.505. The van der Waals surface area contributed by atoms with E-state index < -0.39 is 20.7 Å². The van der Waals surface area contributed by atoms with Crippen LogP contribution in [-0.2, 0) is 14.6 Å². The normalized spacial score (nSPS) is 20.5. The Balaban J connectivity index is 1.96. The molecule has 1 amide bonds. The van der Waals surface area contributed by atoms with Gasteiger partial charge in [-0.1, -0.05) is 12.1 Å². The Morgan fingerprint density at radius 3 is 2.81 bits per heavy atom. The van der Waals surface area contributed by atoms with E-state index in [1.807, 2.05) is 0 Å². The Bertz CT molecular complexity index is 696. The van der Waals surface area contributed by atoms with Crippen molar-refractivity contribution >= 4 is 27.5 Å². The summed E-state index contributed by atoms with van der Waals surface area (Å²) >= 11 is 0. The zero-order valence-corrected chi connectivity index (χ0v) is 11.9. The van der Waals surface area contributed by atoms with E-state index in [-0.39, 0.29) is 23.2 Å². The Morgan fingerprint density at radius 1 is 1.43 bits per heavy atom. The van der Waals surface area contributed by atoms with Crippen LogP contribution in [0.15, 0.2) is 30.3 Å². The predicted molar refractivity (Wildman–Crippen MR) is 77.3 cm³/mol. The van der Waals surface area contributed by atoms with Crippen molar-refractivity contribution in [3.05, 3.63) is 46.0 Å². The molecule has 21 heavy (non-hydrogen) atoms. The van der Waals surface area contributed by atoms with Gasteiger partial charge in [0.25, 0.3) is 5.69 Å². The molecule has 1 heterocycles. The van der Waals surface area contributed by atoms with Crippen molar-refractivity contribution < 1.29 is 18.1 Å². The molecule has 8 heteroatoms. The molecule has 0 saturated carbocycles. The van der Waals surface area contributed by atoms with Gasteiger partial charge in [-0.05, 0) is 18.1 Å². The van der Waals surface area contributed by atoms with Gasteiger partial charge in [-0.2, -0.15) is 0 Å². The molecule has 1 aromatic rings. The van der Waals surface area contributed by atoms with E-state index in [4.69, 9.17) is 0 Å². The van der Waals surface area contributed by atoms with Crippen LogP contribution in [0, 0.1) is 10.1 Å². The van der Waals surface area contributed by atoms with Crippen LogP contribution in [0.5, 0.6) is 0 Å². The first-order valence-corrected chi connectivity index (χ1v) is 8.11. The second kappa shape index (κ2) is 6.04. The highest BCUT2D eigenvalue weighted by Gasteiger charge is 2.28. The Labute approximate surface area is 121 Å². The van der Waals surface area contributed by atoms with Crippen molar-refractivity contribution in [2.45, 2.75) is 12.5 Å². The SMILES string of the molecule is O=C(C=Cc1cccc([N+](=O)[O-])c1)NC1CCS(=O)(=O)C1. The highest BCUT2D eigenvalue weighted by Crippen LogP contribution is 2.14. The molecular weight excluding hydrogens is 296 g/mol. The van der Waals surface area contributed by atoms with Crippen LogP contribution in [0.2, 0.25) is 0 Å². The summed E-state index contributed by atoms with van der Waals surface area (Å²) in [5.41, 5.74) is 0.470. The number of nitro benzene ring substituents is 1. The van der Waals surface area contributed by atoms with Gasteiger partial charge in [0.05, 0.1) is 16.4 Å². The molecule has 112 valence electrons. The van der Waals surface area contributed by atoms with Crippen LogP contribution < -0.4 is 5.32 Å². The van der Waals surface area contributed by atoms with Crippen LogP contribution in [0.1, 0.15) is 12.0 Å². The summed E-state index contributed by atoms with van der Waals surface area (Å²) in [4.78, 5) is 21.8. The molecule has 1 aliphatic rings. The van der Waals surface area contributed by atoms with E-state index >= 15 is 0 Å². The standard InChI is InChI=1S/C13H14N2O5S/c16-13(14-11-6-7-21(19,20)9-11)5-4-10-2-1-3-12(8-10)15(17)18/h1-5,8,11H,6-7,9H2,(H,14,16). The largest absolute Gasteiger partial charge is 0.349 e. The second-order valence-corrected chi connectivity index (χ2v) is 7.02. The Morgan fingerprint density at radius 2 is 2.19 bits per heavy atom. The van der Waals surface area contributed by atoms with Crippen molar-refractivity contribution in [2.75, 3.05) is 11.5 Å². The minimum Gasteiger partial charge on any atom is -0.349 e. The third kappa shape index (κ3) is 4.38. The second-order valence-electron chi connectivity index (χ2n) is 4.79. The number of amides is 1. The van der Waals surface area contributed by atoms with Crippen molar-refractivity contribution in [1.29, 1.82) is 0 Å². The van der Waals surface area contributed by atoms with Gasteiger partial charge in [0.15, 0.2) is 9.84 Å². The summed E-state index contributed by atoms with van der Waals surface area (Å²) in [5, 5.41) is 13.2. The van der Waals surface area contributed by atoms with E-state index in [2.05, 4.69) is 5.32 Å². The van der Waals surface area contributed by atoms with Gasteiger partial charge >= 0.3 is 0 Å². The van der Waals surface area contributed by atoms with Crippen LogP contribution in [0.25, 0.3) is 6.08 Å². The highest BCUT2D eigenvalue weighted by atomic mass is 32.2. The van der Waals surface area contributed by atoms with Gasteiger partial charge in [-0.3, -0.25) is 14.9 Å². The third-order valence-corrected chi connectivity index (χ3v) is 4.85. The molecular formula is C13H14N2O5S. The van der Waals surface area contributed by atoms with E-state index in [9.17, 15) is 23.3 Å². The number of hydrogen-bond acceptors (Lipinski definition) is 5. The first-order valence-electron chi connectivity index (χ1n) is 6.29. The monoisotopic (exact) mass is 310 g/mol. The summed E-state index contributed by atoms with van der Waals surface area (Å²) < 4.78 is 22.5. The van der Waals surface area contributed by atoms with Gasteiger partial charge in [0.1, 0.15) is 0 Å². The maximum atomic E-state index is 11.7. The number of nitro groups is 1. The first kappa shape index (κ1) is 15.2. The number of nitrogens with one attached hydrogen (secondary N) is 1. The Kier molecular flexibility index (Phi) is 4.37. The lowest BCUT2D eigenvalue weighted by Crippen LogP contribution is -2.34. The molecule has 1 aliphatic heterocycles. The predicted octanol–water partition coefficient (Wildman–Crippen LogP) is 0.911. The number of sulfone groups is 1. The van der Waals surface area contributed by atoms with Crippen molar-refractivity contribution in [2.24, 2.45) is 0 Å². The number of benzene rings is 1. The molecule has 7 nitrogen and oxygen atoms in total. The lowest BCUT2D eigenvalue weighted by molar-refractivity contribution is -0.384. The molecule has 1 N–H and O–H groups in total. The van der Waals surface area contributed by atoms with Crippen molar-refractivity contribution in [3.63, 3.8) is 0 Å². The smallest absolute Gasteiger partial charge is 0.270 e. The number of non-ortho nitro benzene ring substituents is 1. The molecule has 0 bridgehead atoms. The molecule has 1 atom stereocenters. The minimum absolute atomic E-state index is 0.0383. The van der Waals surface area contributed by atoms with E-state index in [0.29, 0.717) is 12.0 Å². The average Bonchev–Trinajstić information content (AvgIpc) is 2.76. The topological polar surface area (TPSA) is 106 Å². The van der Waals surface area contributed by atoms with Gasteiger partial charge in [-0.15, -0.1) is 0 Å². The van der Waals surface area contributed by atoms with Crippen molar-refractivity contribution in [3.8, 4) is 0 Å². The van der Waals surface area contributed by atoms with Crippen LogP contribution >= 0.6 is 0 Å². The maximum Gasteiger partial charge on any atom is 0.270 e. The molecule has 2 rings (SSSR count). The zero-order valence-electron chi connectivity index (χ0n) is 11.1. The summed E-state index contributed by atoms with van der Waals surface area (Å²) in [5.74, 6) is -0.362. The lowest BCUT2D eigenvalue weighted by atomic mass is 10.2. The van der Waals surface area contributed by atoms with Crippen LogP contribution in [0.4, 0.5) is 5.69 Å². The number of hydrogen-bond donors (Lipinski definition) is 1. The number of carbonyl (C=O) groups is 1. The number of rotatable bonds is 4. The lowest BCUT2D eigenvalue weighted by Gasteiger charge is -2.07. The molecule has 0 radical (unpaired) electrons. The molecule has 0 spiro atoms. The summed E-state index contributed by atoms with van der Waals surface area (Å²) in [7, 11) is -3.04. The van der Waals surface area contributed by atoms with Crippen LogP contribution in [-0.4, -0.2) is 36.8 Å². The third-order valence-electron chi connectivity index (χ3n) is 3.09. The van der Waals surface area contributed by atoms with Crippen LogP contribution in [0.3, 0.4) is 0 Å². The summed E-state index contributed by atoms with van der Waals surface area (Å²) in [6.45, 7) is 0. The average molecular weight is 310 g/mol.